The van der Waals surface area contributed by atoms with Gasteiger partial charge in [0, 0.05) is 11.2 Å². The predicted octanol–water partition coefficient (Wildman–Crippen LogP) is 1.92. The topological polar surface area (TPSA) is 40.9 Å². The third kappa shape index (κ3) is 2.64. The van der Waals surface area contributed by atoms with Crippen molar-refractivity contribution in [1.29, 1.82) is 4.78 Å². The van der Waals surface area contributed by atoms with E-state index in [1.165, 1.54) is 24.5 Å². The Morgan fingerprint density at radius 3 is 2.20 bits per heavy atom. The number of hydrogen-bond donors (Lipinski definition) is 1. The van der Waals surface area contributed by atoms with E-state index in [9.17, 15) is 4.21 Å². The van der Waals surface area contributed by atoms with E-state index >= 15 is 0 Å². The van der Waals surface area contributed by atoms with Crippen LogP contribution >= 0.6 is 0 Å². The molecule has 0 aromatic heterocycles. The molecule has 3 heteroatoms. The molecule has 0 aliphatic rings. The van der Waals surface area contributed by atoms with Crippen LogP contribution in [0.4, 0.5) is 0 Å². The average molecular weight is 157 g/mol. The van der Waals surface area contributed by atoms with Gasteiger partial charge in [0.15, 0.2) is 0 Å². The largest absolute Gasteiger partial charge is 0.249 e. The highest BCUT2D eigenvalue weighted by Crippen LogP contribution is 2.05. The van der Waals surface area contributed by atoms with Gasteiger partial charge in [0.25, 0.3) is 0 Å². The number of allylic oxidation sites excluding steroid dienone is 3. The smallest absolute Gasteiger partial charge is 0.0696 e. The molecule has 0 heterocycles. The maximum absolute atomic E-state index is 11.0. The number of hydrogen-bond acceptors (Lipinski definition) is 2. The summed E-state index contributed by atoms with van der Waals surface area (Å²) < 4.78 is 18.1. The van der Waals surface area contributed by atoms with Crippen molar-refractivity contribution in [2.75, 3.05) is 6.26 Å². The minimum absolute atomic E-state index is 0.419. The van der Waals surface area contributed by atoms with Crippen LogP contribution in [0.1, 0.15) is 0 Å². The maximum atomic E-state index is 11.0. The highest BCUT2D eigenvalue weighted by atomic mass is 32.2. The van der Waals surface area contributed by atoms with Crippen LogP contribution in [-0.4, -0.2) is 10.5 Å². The van der Waals surface area contributed by atoms with E-state index in [4.69, 9.17) is 4.78 Å². The van der Waals surface area contributed by atoms with Crippen molar-refractivity contribution >= 4 is 9.73 Å². The molecule has 0 aromatic rings. The Balaban J connectivity index is 4.89. The zero-order valence-corrected chi connectivity index (χ0v) is 6.78. The molecule has 0 fully saturated rings. The molecule has 0 spiro atoms. The SMILES string of the molecule is C=C/C=C(\C=C)S(C)(=N)=O. The number of nitrogens with one attached hydrogen (secondary N) is 1. The third-order valence-electron chi connectivity index (χ3n) is 0.933. The summed E-state index contributed by atoms with van der Waals surface area (Å²) in [5, 5.41) is 0. The van der Waals surface area contributed by atoms with Crippen molar-refractivity contribution in [3.8, 4) is 0 Å². The van der Waals surface area contributed by atoms with E-state index in [1.54, 1.807) is 0 Å². The molecular formula is C7H11NOS. The van der Waals surface area contributed by atoms with Crippen LogP contribution < -0.4 is 0 Å². The van der Waals surface area contributed by atoms with Gasteiger partial charge in [-0.1, -0.05) is 25.3 Å². The van der Waals surface area contributed by atoms with E-state index < -0.39 is 9.73 Å². The van der Waals surface area contributed by atoms with Crippen LogP contribution in [0.2, 0.25) is 0 Å². The van der Waals surface area contributed by atoms with Crippen LogP contribution in [0.3, 0.4) is 0 Å². The molecule has 56 valence electrons. The summed E-state index contributed by atoms with van der Waals surface area (Å²) in [4.78, 5) is 0.419. The molecule has 10 heavy (non-hydrogen) atoms. The van der Waals surface area contributed by atoms with Gasteiger partial charge >= 0.3 is 0 Å². The van der Waals surface area contributed by atoms with Gasteiger partial charge in [0.2, 0.25) is 0 Å². The lowest BCUT2D eigenvalue weighted by Crippen LogP contribution is -1.94. The minimum atomic E-state index is -2.61. The van der Waals surface area contributed by atoms with Crippen LogP contribution in [0.25, 0.3) is 0 Å². The molecule has 1 unspecified atom stereocenters. The summed E-state index contributed by atoms with van der Waals surface area (Å²) >= 11 is 0. The molecule has 2 nitrogen and oxygen atoms in total. The summed E-state index contributed by atoms with van der Waals surface area (Å²) in [7, 11) is -2.61. The lowest BCUT2D eigenvalue weighted by atomic mass is 10.5. The van der Waals surface area contributed by atoms with Gasteiger partial charge in [-0.15, -0.1) is 0 Å². The van der Waals surface area contributed by atoms with Crippen LogP contribution in [0.5, 0.6) is 0 Å². The molecule has 0 aliphatic heterocycles. The van der Waals surface area contributed by atoms with Crippen LogP contribution in [-0.2, 0) is 9.73 Å². The van der Waals surface area contributed by atoms with Gasteiger partial charge in [0.1, 0.15) is 0 Å². The van der Waals surface area contributed by atoms with E-state index in [1.807, 2.05) is 0 Å². The summed E-state index contributed by atoms with van der Waals surface area (Å²) in [5.74, 6) is 0. The van der Waals surface area contributed by atoms with Gasteiger partial charge in [-0.2, -0.15) is 0 Å². The second-order valence-electron chi connectivity index (χ2n) is 1.85. The molecule has 0 saturated carbocycles. The van der Waals surface area contributed by atoms with Crippen LogP contribution in [0.15, 0.2) is 36.3 Å². The average Bonchev–Trinajstić information content (AvgIpc) is 1.80. The Morgan fingerprint density at radius 1 is 1.60 bits per heavy atom. The molecule has 0 aliphatic carbocycles. The molecule has 1 atom stereocenters. The minimum Gasteiger partial charge on any atom is -0.249 e. The lowest BCUT2D eigenvalue weighted by Gasteiger charge is -1.97. The molecule has 0 bridgehead atoms. The Kier molecular flexibility index (Phi) is 3.09. The second kappa shape index (κ2) is 3.37. The first kappa shape index (κ1) is 9.17. The van der Waals surface area contributed by atoms with Gasteiger partial charge in [-0.05, 0) is 6.08 Å². The van der Waals surface area contributed by atoms with Gasteiger partial charge in [-0.3, -0.25) is 0 Å². The highest BCUT2D eigenvalue weighted by Gasteiger charge is 1.99. The fourth-order valence-electron chi connectivity index (χ4n) is 0.473. The van der Waals surface area contributed by atoms with E-state index in [0.717, 1.165) is 0 Å². The Bertz CT molecular complexity index is 259. The second-order valence-corrected chi connectivity index (χ2v) is 4.01. The van der Waals surface area contributed by atoms with Gasteiger partial charge < -0.3 is 0 Å². The van der Waals surface area contributed by atoms with E-state index in [2.05, 4.69) is 13.2 Å². The fraction of sp³-hybridized carbons (Fsp3) is 0.143. The first-order valence-electron chi connectivity index (χ1n) is 2.71. The fourth-order valence-corrected chi connectivity index (χ4v) is 1.15. The monoisotopic (exact) mass is 157 g/mol. The van der Waals surface area contributed by atoms with Gasteiger partial charge in [-0.25, -0.2) is 8.99 Å². The molecule has 1 N–H and O–H groups in total. The molecule has 0 rings (SSSR count). The summed E-state index contributed by atoms with van der Waals surface area (Å²) in [6.07, 6.45) is 5.79. The zero-order valence-electron chi connectivity index (χ0n) is 5.96. The maximum Gasteiger partial charge on any atom is 0.0696 e. The van der Waals surface area contributed by atoms with Gasteiger partial charge in [0.05, 0.1) is 9.73 Å². The lowest BCUT2D eigenvalue weighted by molar-refractivity contribution is 0.683. The van der Waals surface area contributed by atoms with Crippen molar-refractivity contribution in [2.24, 2.45) is 0 Å². The summed E-state index contributed by atoms with van der Waals surface area (Å²) in [6.45, 7) is 6.86. The normalized spacial score (nSPS) is 17.5. The van der Waals surface area contributed by atoms with Crippen molar-refractivity contribution in [3.05, 3.63) is 36.3 Å². The summed E-state index contributed by atoms with van der Waals surface area (Å²) in [5.41, 5.74) is 0. The Morgan fingerprint density at radius 2 is 2.10 bits per heavy atom. The molecular weight excluding hydrogens is 146 g/mol. The van der Waals surface area contributed by atoms with Crippen molar-refractivity contribution in [1.82, 2.24) is 0 Å². The third-order valence-corrected chi connectivity index (χ3v) is 2.14. The zero-order chi connectivity index (χ0) is 8.20. The first-order chi connectivity index (χ1) is 4.52. The standard InChI is InChI=1S/C7H11NOS/c1-4-6-7(5-2)10(3,8)9/h4-6,8H,1-2H2,3H3/b7-6+. The molecule has 0 radical (unpaired) electrons. The molecule has 0 saturated heterocycles. The first-order valence-corrected chi connectivity index (χ1v) is 4.68. The molecule has 0 amide bonds. The highest BCUT2D eigenvalue weighted by molar-refractivity contribution is 7.95. The summed E-state index contributed by atoms with van der Waals surface area (Å²) in [6, 6.07) is 0. The van der Waals surface area contributed by atoms with Crippen molar-refractivity contribution in [3.63, 3.8) is 0 Å². The predicted molar refractivity (Wildman–Crippen MR) is 45.3 cm³/mol. The van der Waals surface area contributed by atoms with Crippen LogP contribution in [0, 0.1) is 4.78 Å². The van der Waals surface area contributed by atoms with Crippen molar-refractivity contribution < 1.29 is 4.21 Å². The number of rotatable bonds is 3. The Hall–Kier alpha value is -0.830. The quantitative estimate of drug-likeness (QED) is 0.625. The van der Waals surface area contributed by atoms with E-state index in [-0.39, 0.29) is 0 Å². The van der Waals surface area contributed by atoms with Crippen molar-refractivity contribution in [2.45, 2.75) is 0 Å². The Labute approximate surface area is 61.9 Å². The molecule has 0 aromatic carbocycles. The van der Waals surface area contributed by atoms with E-state index in [0.29, 0.717) is 4.91 Å².